The lowest BCUT2D eigenvalue weighted by atomic mass is 10.4. The molecule has 2 aromatic heterocycles. The normalized spacial score (nSPS) is 10.2. The standard InChI is InChI=1S/C12H18N8O/c1-3-6-21-12-18-10(17-11(19-12)20-13)15-7-9-4-5-14-8(2)16-9/h4-5H,3,6-7,13H2,1-2H3,(H2,15,17,18,19,20). The molecule has 0 saturated carbocycles. The number of anilines is 2. The molecule has 0 aliphatic rings. The number of hydrogen-bond acceptors (Lipinski definition) is 9. The van der Waals surface area contributed by atoms with E-state index in [1.165, 1.54) is 0 Å². The lowest BCUT2D eigenvalue weighted by Crippen LogP contribution is -2.15. The van der Waals surface area contributed by atoms with Crippen LogP contribution in [0.5, 0.6) is 6.01 Å². The van der Waals surface area contributed by atoms with E-state index < -0.39 is 0 Å². The summed E-state index contributed by atoms with van der Waals surface area (Å²) in [6.45, 7) is 4.82. The van der Waals surface area contributed by atoms with Crippen LogP contribution >= 0.6 is 0 Å². The average molecular weight is 290 g/mol. The molecule has 0 spiro atoms. The maximum absolute atomic E-state index is 5.39. The number of hydrazine groups is 1. The molecule has 9 nitrogen and oxygen atoms in total. The van der Waals surface area contributed by atoms with E-state index in [-0.39, 0.29) is 12.0 Å². The van der Waals surface area contributed by atoms with Gasteiger partial charge in [-0.05, 0) is 19.4 Å². The largest absolute Gasteiger partial charge is 0.463 e. The summed E-state index contributed by atoms with van der Waals surface area (Å²) < 4.78 is 5.39. The number of aromatic nitrogens is 5. The molecule has 0 saturated heterocycles. The van der Waals surface area contributed by atoms with Crippen LogP contribution in [-0.4, -0.2) is 31.5 Å². The number of hydrogen-bond donors (Lipinski definition) is 3. The molecule has 0 bridgehead atoms. The second-order valence-electron chi connectivity index (χ2n) is 4.21. The molecule has 0 aliphatic heterocycles. The summed E-state index contributed by atoms with van der Waals surface area (Å²) in [5.74, 6) is 6.64. The molecular formula is C12H18N8O. The predicted molar refractivity (Wildman–Crippen MR) is 77.5 cm³/mol. The summed E-state index contributed by atoms with van der Waals surface area (Å²) in [6.07, 6.45) is 2.56. The van der Waals surface area contributed by atoms with E-state index in [1.807, 2.05) is 19.9 Å². The zero-order valence-corrected chi connectivity index (χ0v) is 12.0. The number of nitrogen functional groups attached to an aromatic ring is 1. The minimum absolute atomic E-state index is 0.223. The van der Waals surface area contributed by atoms with Crippen molar-refractivity contribution in [2.45, 2.75) is 26.8 Å². The van der Waals surface area contributed by atoms with Gasteiger partial charge < -0.3 is 10.1 Å². The highest BCUT2D eigenvalue weighted by molar-refractivity contribution is 5.35. The van der Waals surface area contributed by atoms with Crippen molar-refractivity contribution in [3.05, 3.63) is 23.8 Å². The highest BCUT2D eigenvalue weighted by Crippen LogP contribution is 2.11. The maximum atomic E-state index is 5.39. The fraction of sp³-hybridized carbons (Fsp3) is 0.417. The van der Waals surface area contributed by atoms with Crippen LogP contribution in [0.1, 0.15) is 24.9 Å². The Balaban J connectivity index is 2.07. The van der Waals surface area contributed by atoms with Crippen molar-refractivity contribution in [1.29, 1.82) is 0 Å². The van der Waals surface area contributed by atoms with Crippen LogP contribution < -0.4 is 21.3 Å². The minimum atomic E-state index is 0.223. The average Bonchev–Trinajstić information content (AvgIpc) is 2.51. The molecule has 0 fully saturated rings. The third-order valence-corrected chi connectivity index (χ3v) is 2.44. The molecule has 2 rings (SSSR count). The lowest BCUT2D eigenvalue weighted by molar-refractivity contribution is 0.292. The Labute approximate surface area is 122 Å². The van der Waals surface area contributed by atoms with Crippen LogP contribution in [0, 0.1) is 6.92 Å². The Bertz CT molecular complexity index is 591. The molecule has 0 aromatic carbocycles. The first-order valence-corrected chi connectivity index (χ1v) is 6.59. The van der Waals surface area contributed by atoms with Crippen LogP contribution in [0.15, 0.2) is 12.3 Å². The molecule has 0 radical (unpaired) electrons. The molecular weight excluding hydrogens is 272 g/mol. The zero-order chi connectivity index (χ0) is 15.1. The number of nitrogens with two attached hydrogens (primary N) is 1. The second kappa shape index (κ2) is 7.29. The fourth-order valence-corrected chi connectivity index (χ4v) is 1.53. The molecule has 0 unspecified atom stereocenters. The lowest BCUT2D eigenvalue weighted by Gasteiger charge is -2.08. The summed E-state index contributed by atoms with van der Waals surface area (Å²) in [5, 5.41) is 3.05. The first-order valence-electron chi connectivity index (χ1n) is 6.59. The second-order valence-corrected chi connectivity index (χ2v) is 4.21. The maximum Gasteiger partial charge on any atom is 0.323 e. The summed E-state index contributed by atoms with van der Waals surface area (Å²) in [4.78, 5) is 20.6. The van der Waals surface area contributed by atoms with Gasteiger partial charge in [0.1, 0.15) is 5.82 Å². The SMILES string of the molecule is CCCOc1nc(NN)nc(NCc2ccnc(C)n2)n1. The Morgan fingerprint density at radius 1 is 1.19 bits per heavy atom. The van der Waals surface area contributed by atoms with Gasteiger partial charge in [0.2, 0.25) is 11.9 Å². The van der Waals surface area contributed by atoms with Gasteiger partial charge in [-0.2, -0.15) is 15.0 Å². The van der Waals surface area contributed by atoms with Gasteiger partial charge in [-0.1, -0.05) is 6.92 Å². The molecule has 0 atom stereocenters. The zero-order valence-electron chi connectivity index (χ0n) is 12.0. The number of nitrogens with one attached hydrogen (secondary N) is 2. The van der Waals surface area contributed by atoms with Crippen molar-refractivity contribution >= 4 is 11.9 Å². The van der Waals surface area contributed by atoms with Gasteiger partial charge in [-0.3, -0.25) is 5.43 Å². The first-order chi connectivity index (χ1) is 10.2. The molecule has 0 amide bonds. The summed E-state index contributed by atoms with van der Waals surface area (Å²) >= 11 is 0. The van der Waals surface area contributed by atoms with Crippen LogP contribution in [-0.2, 0) is 6.54 Å². The Morgan fingerprint density at radius 3 is 2.71 bits per heavy atom. The van der Waals surface area contributed by atoms with Crippen molar-refractivity contribution in [2.24, 2.45) is 5.84 Å². The van der Waals surface area contributed by atoms with E-state index in [1.54, 1.807) is 6.20 Å². The van der Waals surface area contributed by atoms with Crippen molar-refractivity contribution in [2.75, 3.05) is 17.3 Å². The molecule has 2 heterocycles. The molecule has 21 heavy (non-hydrogen) atoms. The van der Waals surface area contributed by atoms with Gasteiger partial charge in [0.25, 0.3) is 0 Å². The number of aryl methyl sites for hydroxylation is 1. The summed E-state index contributed by atoms with van der Waals surface area (Å²) in [5.41, 5.74) is 3.22. The van der Waals surface area contributed by atoms with E-state index in [2.05, 4.69) is 35.7 Å². The summed E-state index contributed by atoms with van der Waals surface area (Å²) in [7, 11) is 0. The van der Waals surface area contributed by atoms with Gasteiger partial charge in [0, 0.05) is 6.20 Å². The van der Waals surface area contributed by atoms with Crippen molar-refractivity contribution in [3.8, 4) is 6.01 Å². The van der Waals surface area contributed by atoms with Crippen LogP contribution in [0.4, 0.5) is 11.9 Å². The molecule has 4 N–H and O–H groups in total. The van der Waals surface area contributed by atoms with E-state index >= 15 is 0 Å². The Hall–Kier alpha value is -2.55. The highest BCUT2D eigenvalue weighted by atomic mass is 16.5. The number of ether oxygens (including phenoxy) is 1. The number of rotatable bonds is 7. The highest BCUT2D eigenvalue weighted by Gasteiger charge is 2.07. The fourth-order valence-electron chi connectivity index (χ4n) is 1.53. The molecule has 9 heteroatoms. The predicted octanol–water partition coefficient (Wildman–Crippen LogP) is 0.657. The van der Waals surface area contributed by atoms with E-state index in [4.69, 9.17) is 10.6 Å². The Morgan fingerprint density at radius 2 is 2.00 bits per heavy atom. The first kappa shape index (κ1) is 14.9. The third kappa shape index (κ3) is 4.49. The van der Waals surface area contributed by atoms with Gasteiger partial charge in [0.15, 0.2) is 0 Å². The van der Waals surface area contributed by atoms with Gasteiger partial charge >= 0.3 is 6.01 Å². The Kier molecular flexibility index (Phi) is 5.16. The van der Waals surface area contributed by atoms with E-state index in [0.29, 0.717) is 24.9 Å². The number of nitrogens with zero attached hydrogens (tertiary/aromatic N) is 5. The quantitative estimate of drug-likeness (QED) is 0.498. The van der Waals surface area contributed by atoms with Gasteiger partial charge in [0.05, 0.1) is 18.8 Å². The smallest absolute Gasteiger partial charge is 0.323 e. The summed E-state index contributed by atoms with van der Waals surface area (Å²) in [6, 6.07) is 2.04. The van der Waals surface area contributed by atoms with Crippen molar-refractivity contribution in [3.63, 3.8) is 0 Å². The molecule has 2 aromatic rings. The van der Waals surface area contributed by atoms with Crippen LogP contribution in [0.25, 0.3) is 0 Å². The van der Waals surface area contributed by atoms with Crippen LogP contribution in [0.2, 0.25) is 0 Å². The van der Waals surface area contributed by atoms with Gasteiger partial charge in [-0.15, -0.1) is 0 Å². The third-order valence-electron chi connectivity index (χ3n) is 2.44. The van der Waals surface area contributed by atoms with Crippen molar-refractivity contribution in [1.82, 2.24) is 24.9 Å². The van der Waals surface area contributed by atoms with Gasteiger partial charge in [-0.25, -0.2) is 15.8 Å². The van der Waals surface area contributed by atoms with Crippen LogP contribution in [0.3, 0.4) is 0 Å². The molecule has 0 aliphatic carbocycles. The topological polar surface area (TPSA) is 124 Å². The minimum Gasteiger partial charge on any atom is -0.463 e. The molecule has 112 valence electrons. The van der Waals surface area contributed by atoms with Crippen molar-refractivity contribution < 1.29 is 4.74 Å². The van der Waals surface area contributed by atoms with E-state index in [0.717, 1.165) is 12.1 Å². The monoisotopic (exact) mass is 290 g/mol. The van der Waals surface area contributed by atoms with E-state index in [9.17, 15) is 0 Å².